The number of primary amides is 1. The number of fused-ring (bicyclic) bond motifs is 1. The van der Waals surface area contributed by atoms with Crippen molar-refractivity contribution in [2.45, 2.75) is 38.4 Å². The summed E-state index contributed by atoms with van der Waals surface area (Å²) in [5, 5.41) is 4.99. The summed E-state index contributed by atoms with van der Waals surface area (Å²) in [5.41, 5.74) is 10.4. The lowest BCUT2D eigenvalue weighted by molar-refractivity contribution is -0.118. The molecule has 1 saturated heterocycles. The summed E-state index contributed by atoms with van der Waals surface area (Å²) >= 11 is 6.23. The summed E-state index contributed by atoms with van der Waals surface area (Å²) in [6.07, 6.45) is 1.49. The molecule has 8 nitrogen and oxygen atoms in total. The third-order valence-corrected chi connectivity index (χ3v) is 8.37. The number of carbonyl (C=O) groups is 1. The summed E-state index contributed by atoms with van der Waals surface area (Å²) in [4.78, 5) is 29.2. The molecule has 1 amide bonds. The molecule has 9 heteroatoms. The van der Waals surface area contributed by atoms with Gasteiger partial charge in [-0.15, -0.1) is 0 Å². The minimum Gasteiger partial charge on any atom is -0.368 e. The maximum atomic E-state index is 12.3. The zero-order valence-electron chi connectivity index (χ0n) is 25.3. The summed E-state index contributed by atoms with van der Waals surface area (Å²) in [7, 11) is 4.05. The molecule has 3 N–H and O–H groups in total. The Morgan fingerprint density at radius 1 is 0.953 bits per heavy atom. The van der Waals surface area contributed by atoms with Gasteiger partial charge in [-0.2, -0.15) is 0 Å². The third kappa shape index (κ3) is 8.09. The highest BCUT2D eigenvalue weighted by Gasteiger charge is 2.27. The van der Waals surface area contributed by atoms with Crippen molar-refractivity contribution in [1.82, 2.24) is 24.7 Å². The number of anilines is 1. The molecule has 2 atom stereocenters. The van der Waals surface area contributed by atoms with E-state index in [2.05, 4.69) is 63.3 Å². The number of carbonyl (C=O) groups excluding carboxylic acids is 1. The molecule has 4 aromatic rings. The fourth-order valence-electron chi connectivity index (χ4n) is 5.76. The topological polar surface area (TPSA) is 90.6 Å². The smallest absolute Gasteiger partial charge is 0.239 e. The average molecular weight is 600 g/mol. The van der Waals surface area contributed by atoms with Gasteiger partial charge in [0, 0.05) is 36.6 Å². The molecule has 3 aromatic carbocycles. The van der Waals surface area contributed by atoms with Crippen LogP contribution in [0, 0.1) is 6.92 Å². The van der Waals surface area contributed by atoms with Gasteiger partial charge in [-0.05, 0) is 75.8 Å². The molecule has 0 aliphatic carbocycles. The number of piperazine rings is 1. The van der Waals surface area contributed by atoms with Crippen molar-refractivity contribution in [3.05, 3.63) is 100 Å². The standard InChI is InChI=1S/C34H42ClN7O/c1-24-10-12-25(13-11-24)32(26-14-16-27(35)17-15-26)42-21-19-41(20-22-42)23-31-37-29-8-5-4-7-28(29)34(39-31)38-30(33(36)43)9-6-18-40(2)3/h4-5,7-8,10-17,30,32H,6,9,18-23H2,1-3H3,(H2,36,43)(H,37,38,39)/t30-,32?/m0/s1. The molecule has 0 bridgehead atoms. The number of nitrogens with two attached hydrogens (primary N) is 1. The van der Waals surface area contributed by atoms with Gasteiger partial charge in [0.1, 0.15) is 17.7 Å². The highest BCUT2D eigenvalue weighted by atomic mass is 35.5. The lowest BCUT2D eigenvalue weighted by Crippen LogP contribution is -2.47. The number of hydrogen-bond donors (Lipinski definition) is 2. The molecular formula is C34H42ClN7O. The maximum absolute atomic E-state index is 12.3. The normalized spacial score (nSPS) is 15.9. The van der Waals surface area contributed by atoms with Crippen molar-refractivity contribution < 1.29 is 4.79 Å². The van der Waals surface area contributed by atoms with E-state index in [1.54, 1.807) is 0 Å². The summed E-state index contributed by atoms with van der Waals surface area (Å²) < 4.78 is 0. The number of hydrogen-bond acceptors (Lipinski definition) is 7. The van der Waals surface area contributed by atoms with Crippen LogP contribution in [0.25, 0.3) is 10.9 Å². The van der Waals surface area contributed by atoms with Gasteiger partial charge in [0.25, 0.3) is 0 Å². The van der Waals surface area contributed by atoms with E-state index in [9.17, 15) is 4.79 Å². The van der Waals surface area contributed by atoms with Crippen LogP contribution in [0.3, 0.4) is 0 Å². The maximum Gasteiger partial charge on any atom is 0.239 e. The van der Waals surface area contributed by atoms with Gasteiger partial charge in [0.05, 0.1) is 18.1 Å². The summed E-state index contributed by atoms with van der Waals surface area (Å²) in [5.74, 6) is 1.02. The lowest BCUT2D eigenvalue weighted by atomic mass is 9.95. The van der Waals surface area contributed by atoms with Crippen LogP contribution in [0.4, 0.5) is 5.82 Å². The van der Waals surface area contributed by atoms with E-state index in [0.29, 0.717) is 18.8 Å². The molecule has 43 heavy (non-hydrogen) atoms. The fraction of sp³-hybridized carbons (Fsp3) is 0.382. The van der Waals surface area contributed by atoms with Crippen LogP contribution in [-0.4, -0.2) is 83.4 Å². The Balaban J connectivity index is 1.31. The molecule has 0 saturated carbocycles. The summed E-state index contributed by atoms with van der Waals surface area (Å²) in [6, 6.07) is 24.6. The molecule has 1 unspecified atom stereocenters. The number of nitrogens with zero attached hydrogens (tertiary/aromatic N) is 5. The van der Waals surface area contributed by atoms with Gasteiger partial charge in [0.15, 0.2) is 0 Å². The molecule has 2 heterocycles. The SMILES string of the molecule is Cc1ccc(C(c2ccc(Cl)cc2)N2CCN(Cc3nc(N[C@@H](CCCN(C)C)C(N)=O)c4ccccc4n3)CC2)cc1. The van der Waals surface area contributed by atoms with Crippen molar-refractivity contribution in [3.8, 4) is 0 Å². The predicted octanol–water partition coefficient (Wildman–Crippen LogP) is 5.11. The van der Waals surface area contributed by atoms with Crippen molar-refractivity contribution in [2.75, 3.05) is 52.1 Å². The van der Waals surface area contributed by atoms with Crippen LogP contribution in [0.1, 0.15) is 41.4 Å². The molecule has 1 aromatic heterocycles. The highest BCUT2D eigenvalue weighted by molar-refractivity contribution is 6.30. The third-order valence-electron chi connectivity index (χ3n) is 8.12. The monoisotopic (exact) mass is 599 g/mol. The van der Waals surface area contributed by atoms with Gasteiger partial charge in [-0.25, -0.2) is 9.97 Å². The second kappa shape index (κ2) is 14.3. The van der Waals surface area contributed by atoms with Gasteiger partial charge in [0.2, 0.25) is 5.91 Å². The quantitative estimate of drug-likeness (QED) is 0.234. The number of halogens is 1. The molecule has 5 rings (SSSR count). The number of para-hydroxylation sites is 1. The van der Waals surface area contributed by atoms with E-state index >= 15 is 0 Å². The number of nitrogens with one attached hydrogen (secondary N) is 1. The first kappa shape index (κ1) is 30.9. The lowest BCUT2D eigenvalue weighted by Gasteiger charge is -2.39. The Hall–Kier alpha value is -3.56. The zero-order chi connectivity index (χ0) is 30.3. The van der Waals surface area contributed by atoms with Crippen molar-refractivity contribution in [2.24, 2.45) is 5.73 Å². The first-order chi connectivity index (χ1) is 20.8. The fourth-order valence-corrected chi connectivity index (χ4v) is 5.88. The van der Waals surface area contributed by atoms with Crippen LogP contribution in [-0.2, 0) is 11.3 Å². The van der Waals surface area contributed by atoms with E-state index < -0.39 is 6.04 Å². The summed E-state index contributed by atoms with van der Waals surface area (Å²) in [6.45, 7) is 7.24. The van der Waals surface area contributed by atoms with Crippen LogP contribution >= 0.6 is 11.6 Å². The van der Waals surface area contributed by atoms with E-state index in [0.717, 1.165) is 60.9 Å². The van der Waals surface area contributed by atoms with Crippen LogP contribution in [0.5, 0.6) is 0 Å². The van der Waals surface area contributed by atoms with Crippen LogP contribution in [0.15, 0.2) is 72.8 Å². The molecule has 1 fully saturated rings. The molecule has 226 valence electrons. The van der Waals surface area contributed by atoms with Gasteiger partial charge < -0.3 is 16.0 Å². The second-order valence-corrected chi connectivity index (χ2v) is 12.2. The largest absolute Gasteiger partial charge is 0.368 e. The zero-order valence-corrected chi connectivity index (χ0v) is 26.1. The number of amides is 1. The Morgan fingerprint density at radius 2 is 1.60 bits per heavy atom. The van der Waals surface area contributed by atoms with Crippen molar-refractivity contribution in [1.29, 1.82) is 0 Å². The Kier molecular flexibility index (Phi) is 10.3. The first-order valence-corrected chi connectivity index (χ1v) is 15.4. The van der Waals surface area contributed by atoms with Crippen LogP contribution in [0.2, 0.25) is 5.02 Å². The van der Waals surface area contributed by atoms with Gasteiger partial charge >= 0.3 is 0 Å². The van der Waals surface area contributed by atoms with Crippen LogP contribution < -0.4 is 11.1 Å². The van der Waals surface area contributed by atoms with E-state index in [4.69, 9.17) is 27.3 Å². The van der Waals surface area contributed by atoms with Gasteiger partial charge in [-0.3, -0.25) is 14.6 Å². The number of rotatable bonds is 12. The number of aromatic nitrogens is 2. The van der Waals surface area contributed by atoms with E-state index in [-0.39, 0.29) is 11.9 Å². The molecule has 1 aliphatic heterocycles. The number of aryl methyl sites for hydroxylation is 1. The van der Waals surface area contributed by atoms with E-state index in [1.165, 1.54) is 16.7 Å². The molecule has 0 spiro atoms. The Labute approximate surface area is 259 Å². The van der Waals surface area contributed by atoms with Gasteiger partial charge in [-0.1, -0.05) is 65.7 Å². The molecule has 1 aliphatic rings. The minimum atomic E-state index is -0.499. The Bertz CT molecular complexity index is 1460. The molecule has 0 radical (unpaired) electrons. The average Bonchev–Trinajstić information content (AvgIpc) is 2.99. The second-order valence-electron chi connectivity index (χ2n) is 11.7. The molecular weight excluding hydrogens is 558 g/mol. The predicted molar refractivity (Wildman–Crippen MR) is 175 cm³/mol. The number of benzene rings is 3. The van der Waals surface area contributed by atoms with Crippen molar-refractivity contribution >= 4 is 34.2 Å². The first-order valence-electron chi connectivity index (χ1n) is 15.0. The van der Waals surface area contributed by atoms with Crippen molar-refractivity contribution in [3.63, 3.8) is 0 Å². The van der Waals surface area contributed by atoms with E-state index in [1.807, 2.05) is 50.5 Å². The Morgan fingerprint density at radius 3 is 2.26 bits per heavy atom. The minimum absolute atomic E-state index is 0.158. The highest BCUT2D eigenvalue weighted by Crippen LogP contribution is 2.31.